The van der Waals surface area contributed by atoms with Gasteiger partial charge in [0.15, 0.2) is 6.61 Å². The number of nitrogens with zero attached hydrogens (tertiary/aromatic N) is 3. The molecule has 0 aliphatic carbocycles. The molecule has 0 atom stereocenters. The van der Waals surface area contributed by atoms with Gasteiger partial charge in [0.1, 0.15) is 23.5 Å². The first-order valence-corrected chi connectivity index (χ1v) is 9.43. The number of ether oxygens (including phenoxy) is 1. The van der Waals surface area contributed by atoms with Gasteiger partial charge in [-0.2, -0.15) is 0 Å². The van der Waals surface area contributed by atoms with Crippen molar-refractivity contribution in [2.24, 2.45) is 0 Å². The molecule has 2 heterocycles. The lowest BCUT2D eigenvalue weighted by Crippen LogP contribution is -2.32. The Morgan fingerprint density at radius 2 is 2.00 bits per heavy atom. The molecular weight excluding hydrogens is 405 g/mol. The molecule has 1 amide bonds. The second-order valence-electron chi connectivity index (χ2n) is 6.99. The molecule has 4 aromatic rings. The molecule has 0 aliphatic rings. The average Bonchev–Trinajstić information content (AvgIpc) is 3.13. The van der Waals surface area contributed by atoms with Gasteiger partial charge in [0.25, 0.3) is 11.5 Å². The average molecular weight is 423 g/mol. The molecule has 0 aliphatic heterocycles. The van der Waals surface area contributed by atoms with Crippen LogP contribution in [-0.2, 0) is 27.4 Å². The molecule has 9 heteroatoms. The van der Waals surface area contributed by atoms with Crippen LogP contribution in [0.15, 0.2) is 64.1 Å². The number of rotatable bonds is 6. The fraction of sp³-hybridized carbons (Fsp3) is 0.182. The van der Waals surface area contributed by atoms with Crippen molar-refractivity contribution in [3.8, 4) is 0 Å². The summed E-state index contributed by atoms with van der Waals surface area (Å²) in [6.07, 6.45) is 1.24. The van der Waals surface area contributed by atoms with E-state index in [1.165, 1.54) is 30.4 Å². The normalized spacial score (nSPS) is 11.0. The molecule has 158 valence electrons. The molecule has 0 radical (unpaired) electrons. The first-order chi connectivity index (χ1) is 14.9. The fourth-order valence-corrected chi connectivity index (χ4v) is 3.16. The van der Waals surface area contributed by atoms with E-state index < -0.39 is 36.4 Å². The molecule has 4 rings (SSSR count). The topological polar surface area (TPSA) is 94.6 Å². The Hall–Kier alpha value is -4.01. The van der Waals surface area contributed by atoms with Crippen LogP contribution in [0.25, 0.3) is 22.1 Å². The molecule has 0 saturated heterocycles. The maximum absolute atomic E-state index is 13.3. The van der Waals surface area contributed by atoms with Crippen LogP contribution in [0.1, 0.15) is 5.56 Å². The van der Waals surface area contributed by atoms with Crippen LogP contribution in [-0.4, -0.2) is 40.0 Å². The van der Waals surface area contributed by atoms with Crippen molar-refractivity contribution in [2.45, 2.75) is 13.1 Å². The van der Waals surface area contributed by atoms with Gasteiger partial charge in [-0.1, -0.05) is 24.3 Å². The lowest BCUT2D eigenvalue weighted by Gasteiger charge is -2.17. The Labute approximate surface area is 175 Å². The van der Waals surface area contributed by atoms with Gasteiger partial charge in [-0.05, 0) is 29.8 Å². The number of furan rings is 1. The quantitative estimate of drug-likeness (QED) is 0.442. The summed E-state index contributed by atoms with van der Waals surface area (Å²) in [6, 6.07) is 13.0. The molecule has 0 saturated carbocycles. The van der Waals surface area contributed by atoms with Gasteiger partial charge in [-0.25, -0.2) is 9.37 Å². The van der Waals surface area contributed by atoms with Gasteiger partial charge in [0.2, 0.25) is 5.58 Å². The Morgan fingerprint density at radius 3 is 2.81 bits per heavy atom. The van der Waals surface area contributed by atoms with E-state index >= 15 is 0 Å². The monoisotopic (exact) mass is 423 g/mol. The van der Waals surface area contributed by atoms with Crippen molar-refractivity contribution >= 4 is 33.9 Å². The summed E-state index contributed by atoms with van der Waals surface area (Å²) in [5.41, 5.74) is 1.07. The van der Waals surface area contributed by atoms with Gasteiger partial charge in [-0.15, -0.1) is 0 Å². The first-order valence-electron chi connectivity index (χ1n) is 9.43. The predicted molar refractivity (Wildman–Crippen MR) is 110 cm³/mol. The van der Waals surface area contributed by atoms with E-state index in [9.17, 15) is 18.8 Å². The van der Waals surface area contributed by atoms with Gasteiger partial charge in [0, 0.05) is 19.0 Å². The maximum Gasteiger partial charge on any atom is 0.326 e. The number of esters is 1. The van der Waals surface area contributed by atoms with E-state index in [2.05, 4.69) is 4.98 Å². The Kier molecular flexibility index (Phi) is 5.48. The number of hydrogen-bond acceptors (Lipinski definition) is 6. The molecule has 31 heavy (non-hydrogen) atoms. The van der Waals surface area contributed by atoms with Crippen LogP contribution in [0.5, 0.6) is 0 Å². The zero-order valence-corrected chi connectivity index (χ0v) is 16.6. The summed E-state index contributed by atoms with van der Waals surface area (Å²) in [5, 5.41) is 0.705. The maximum atomic E-state index is 13.3. The van der Waals surface area contributed by atoms with Crippen molar-refractivity contribution in [3.05, 3.63) is 76.6 Å². The smallest absolute Gasteiger partial charge is 0.326 e. The standard InChI is InChI=1S/C22H18FN3O5/c1-25(10-14-5-4-6-15(23)9-14)18(27)12-30-19(28)11-26-13-24-20-16-7-2-3-8-17(16)31-21(20)22(26)29/h2-9,13H,10-12H2,1H3. The number of halogens is 1. The van der Waals surface area contributed by atoms with Gasteiger partial charge < -0.3 is 14.1 Å². The molecule has 0 bridgehead atoms. The largest absolute Gasteiger partial charge is 0.454 e. The van der Waals surface area contributed by atoms with Gasteiger partial charge in [-0.3, -0.25) is 19.0 Å². The van der Waals surface area contributed by atoms with E-state index in [0.717, 1.165) is 4.57 Å². The molecule has 0 spiro atoms. The Balaban J connectivity index is 1.39. The minimum atomic E-state index is -0.771. The number of para-hydroxylation sites is 1. The number of hydrogen-bond donors (Lipinski definition) is 0. The lowest BCUT2D eigenvalue weighted by molar-refractivity contribution is -0.152. The summed E-state index contributed by atoms with van der Waals surface area (Å²) in [7, 11) is 1.52. The summed E-state index contributed by atoms with van der Waals surface area (Å²) in [5.74, 6) is -1.63. The molecule has 2 aromatic carbocycles. The van der Waals surface area contributed by atoms with E-state index in [0.29, 0.717) is 22.0 Å². The predicted octanol–water partition coefficient (Wildman–Crippen LogP) is 2.48. The summed E-state index contributed by atoms with van der Waals surface area (Å²) in [6.45, 7) is -0.750. The van der Waals surface area contributed by atoms with Crippen molar-refractivity contribution < 1.29 is 23.1 Å². The van der Waals surface area contributed by atoms with Crippen molar-refractivity contribution in [1.29, 1.82) is 0 Å². The molecule has 8 nitrogen and oxygen atoms in total. The number of likely N-dealkylation sites (N-methyl/N-ethyl adjacent to an activating group) is 1. The van der Waals surface area contributed by atoms with Crippen molar-refractivity contribution in [1.82, 2.24) is 14.5 Å². The molecular formula is C22H18FN3O5. The second kappa shape index (κ2) is 8.39. The van der Waals surface area contributed by atoms with Crippen LogP contribution in [0.3, 0.4) is 0 Å². The van der Waals surface area contributed by atoms with E-state index in [4.69, 9.17) is 9.15 Å². The van der Waals surface area contributed by atoms with Crippen LogP contribution in [0.2, 0.25) is 0 Å². The minimum Gasteiger partial charge on any atom is -0.454 e. The fourth-order valence-electron chi connectivity index (χ4n) is 3.16. The second-order valence-corrected chi connectivity index (χ2v) is 6.99. The highest BCUT2D eigenvalue weighted by Gasteiger charge is 2.17. The number of carbonyl (C=O) groups excluding carboxylic acids is 2. The number of carbonyl (C=O) groups is 2. The van der Waals surface area contributed by atoms with Crippen LogP contribution < -0.4 is 5.56 Å². The molecule has 0 N–H and O–H groups in total. The van der Waals surface area contributed by atoms with Crippen LogP contribution >= 0.6 is 0 Å². The summed E-state index contributed by atoms with van der Waals surface area (Å²) < 4.78 is 24.9. The Bertz CT molecular complexity index is 1340. The summed E-state index contributed by atoms with van der Waals surface area (Å²) >= 11 is 0. The van der Waals surface area contributed by atoms with Gasteiger partial charge in [0.05, 0.1) is 6.33 Å². The first kappa shape index (κ1) is 20.3. The number of aromatic nitrogens is 2. The highest BCUT2D eigenvalue weighted by molar-refractivity contribution is 6.01. The van der Waals surface area contributed by atoms with E-state index in [1.54, 1.807) is 30.3 Å². The van der Waals surface area contributed by atoms with Crippen LogP contribution in [0, 0.1) is 5.82 Å². The molecule has 2 aromatic heterocycles. The van der Waals surface area contributed by atoms with E-state index in [1.807, 2.05) is 6.07 Å². The van der Waals surface area contributed by atoms with Crippen LogP contribution in [0.4, 0.5) is 4.39 Å². The molecule has 0 unspecified atom stereocenters. The van der Waals surface area contributed by atoms with Gasteiger partial charge >= 0.3 is 5.97 Å². The zero-order valence-electron chi connectivity index (χ0n) is 16.6. The number of benzene rings is 2. The van der Waals surface area contributed by atoms with Crippen molar-refractivity contribution in [2.75, 3.05) is 13.7 Å². The summed E-state index contributed by atoms with van der Waals surface area (Å²) in [4.78, 5) is 42.5. The number of amides is 1. The van der Waals surface area contributed by atoms with Crippen molar-refractivity contribution in [3.63, 3.8) is 0 Å². The molecule has 0 fully saturated rings. The third kappa shape index (κ3) is 4.30. The Morgan fingerprint density at radius 1 is 1.19 bits per heavy atom. The highest BCUT2D eigenvalue weighted by atomic mass is 19.1. The lowest BCUT2D eigenvalue weighted by atomic mass is 10.2. The zero-order chi connectivity index (χ0) is 22.0. The third-order valence-electron chi connectivity index (χ3n) is 4.74. The third-order valence-corrected chi connectivity index (χ3v) is 4.74. The highest BCUT2D eigenvalue weighted by Crippen LogP contribution is 2.23. The minimum absolute atomic E-state index is 0.0439. The van der Waals surface area contributed by atoms with E-state index in [-0.39, 0.29) is 12.1 Å². The SMILES string of the molecule is CN(Cc1cccc(F)c1)C(=O)COC(=O)Cn1cnc2c(oc3ccccc32)c1=O. The number of fused-ring (bicyclic) bond motifs is 3.